The van der Waals surface area contributed by atoms with E-state index >= 15 is 0 Å². The Morgan fingerprint density at radius 1 is 1.27 bits per heavy atom. The molecule has 1 aromatic carbocycles. The van der Waals surface area contributed by atoms with E-state index < -0.39 is 5.92 Å². The van der Waals surface area contributed by atoms with Crippen molar-refractivity contribution < 1.29 is 14.3 Å². The molecule has 0 aliphatic carbocycles. The summed E-state index contributed by atoms with van der Waals surface area (Å²) in [6, 6.07) is 9.52. The number of benzene rings is 1. The van der Waals surface area contributed by atoms with Crippen molar-refractivity contribution in [3.05, 3.63) is 24.3 Å². The van der Waals surface area contributed by atoms with Crippen LogP contribution in [0, 0.1) is 17.2 Å². The molecule has 1 unspecified atom stereocenters. The van der Waals surface area contributed by atoms with E-state index in [-0.39, 0.29) is 5.91 Å². The molecule has 5 heteroatoms. The molecule has 1 amide bonds. The molecule has 0 bridgehead atoms. The van der Waals surface area contributed by atoms with E-state index in [0.29, 0.717) is 44.0 Å². The molecule has 0 aliphatic heterocycles. The van der Waals surface area contributed by atoms with Gasteiger partial charge in [-0.3, -0.25) is 4.79 Å². The zero-order valence-corrected chi connectivity index (χ0v) is 13.5. The van der Waals surface area contributed by atoms with Gasteiger partial charge in [-0.25, -0.2) is 0 Å². The zero-order valence-electron chi connectivity index (χ0n) is 13.5. The van der Waals surface area contributed by atoms with Crippen LogP contribution in [0.25, 0.3) is 0 Å². The number of nitriles is 1. The van der Waals surface area contributed by atoms with Gasteiger partial charge in [0.05, 0.1) is 19.8 Å². The Balaban J connectivity index is 2.45. The van der Waals surface area contributed by atoms with Gasteiger partial charge in [0.25, 0.3) is 0 Å². The molecule has 0 saturated carbocycles. The molecule has 5 nitrogen and oxygen atoms in total. The maximum atomic E-state index is 12.1. The third kappa shape index (κ3) is 4.96. The first-order valence-electron chi connectivity index (χ1n) is 7.62. The third-order valence-electron chi connectivity index (χ3n) is 3.49. The lowest BCUT2D eigenvalue weighted by molar-refractivity contribution is -0.133. The van der Waals surface area contributed by atoms with Gasteiger partial charge >= 0.3 is 0 Å². The Hall–Kier alpha value is -2.22. The van der Waals surface area contributed by atoms with Crippen molar-refractivity contribution in [1.82, 2.24) is 4.90 Å². The first-order valence-corrected chi connectivity index (χ1v) is 7.62. The fraction of sp³-hybridized carbons (Fsp3) is 0.529. The monoisotopic (exact) mass is 304 g/mol. The molecule has 1 rings (SSSR count). The van der Waals surface area contributed by atoms with Gasteiger partial charge in [0.1, 0.15) is 5.92 Å². The summed E-state index contributed by atoms with van der Waals surface area (Å²) in [7, 11) is 1.59. The van der Waals surface area contributed by atoms with Crippen LogP contribution in [0.2, 0.25) is 0 Å². The van der Waals surface area contributed by atoms with E-state index in [2.05, 4.69) is 6.07 Å². The van der Waals surface area contributed by atoms with Crippen LogP contribution >= 0.6 is 0 Å². The molecule has 1 aromatic rings. The fourth-order valence-corrected chi connectivity index (χ4v) is 2.21. The second-order valence-electron chi connectivity index (χ2n) is 4.83. The Morgan fingerprint density at radius 2 is 1.91 bits per heavy atom. The van der Waals surface area contributed by atoms with Gasteiger partial charge in [-0.2, -0.15) is 5.26 Å². The number of hydrogen-bond acceptors (Lipinski definition) is 4. The summed E-state index contributed by atoms with van der Waals surface area (Å²) in [4.78, 5) is 13.8. The second kappa shape index (κ2) is 9.67. The number of carbonyl (C=O) groups is 1. The lowest BCUT2D eigenvalue weighted by Crippen LogP contribution is -2.35. The summed E-state index contributed by atoms with van der Waals surface area (Å²) in [6.45, 7) is 5.54. The summed E-state index contributed by atoms with van der Waals surface area (Å²) < 4.78 is 10.9. The zero-order chi connectivity index (χ0) is 16.4. The standard InChI is InChI=1S/C17H24N2O3/c1-4-19(5-2)17(20)14(13-18)9-8-12-22-16-11-7-6-10-15(16)21-3/h6-7,10-11,14H,4-5,8-9,12H2,1-3H3. The molecule has 0 aliphatic rings. The Morgan fingerprint density at radius 3 is 2.45 bits per heavy atom. The smallest absolute Gasteiger partial charge is 0.239 e. The highest BCUT2D eigenvalue weighted by Crippen LogP contribution is 2.26. The quantitative estimate of drug-likeness (QED) is 0.658. The number of amides is 1. The molecule has 0 heterocycles. The van der Waals surface area contributed by atoms with Crippen molar-refractivity contribution in [1.29, 1.82) is 5.26 Å². The van der Waals surface area contributed by atoms with Gasteiger partial charge in [-0.05, 0) is 38.8 Å². The van der Waals surface area contributed by atoms with Crippen LogP contribution in [-0.4, -0.2) is 37.6 Å². The molecule has 1 atom stereocenters. The normalized spacial score (nSPS) is 11.4. The van der Waals surface area contributed by atoms with Gasteiger partial charge < -0.3 is 14.4 Å². The van der Waals surface area contributed by atoms with Crippen LogP contribution in [0.1, 0.15) is 26.7 Å². The summed E-state index contributed by atoms with van der Waals surface area (Å²) in [6.07, 6.45) is 1.14. The molecule has 0 N–H and O–H groups in total. The van der Waals surface area contributed by atoms with Crippen LogP contribution in [-0.2, 0) is 4.79 Å². The number of ether oxygens (including phenoxy) is 2. The van der Waals surface area contributed by atoms with Crippen molar-refractivity contribution in [2.24, 2.45) is 5.92 Å². The van der Waals surface area contributed by atoms with Crippen molar-refractivity contribution >= 4 is 5.91 Å². The number of methoxy groups -OCH3 is 1. The van der Waals surface area contributed by atoms with E-state index in [0.717, 1.165) is 0 Å². The average Bonchev–Trinajstić information content (AvgIpc) is 2.56. The topological polar surface area (TPSA) is 62.6 Å². The number of para-hydroxylation sites is 2. The molecule has 0 aromatic heterocycles. The lowest BCUT2D eigenvalue weighted by Gasteiger charge is -2.21. The maximum Gasteiger partial charge on any atom is 0.239 e. The summed E-state index contributed by atoms with van der Waals surface area (Å²) >= 11 is 0. The molecular formula is C17H24N2O3. The third-order valence-corrected chi connectivity index (χ3v) is 3.49. The minimum atomic E-state index is -0.596. The highest BCUT2D eigenvalue weighted by molar-refractivity contribution is 5.81. The van der Waals surface area contributed by atoms with Crippen LogP contribution in [0.15, 0.2) is 24.3 Å². The minimum absolute atomic E-state index is 0.0928. The number of rotatable bonds is 9. The van der Waals surface area contributed by atoms with E-state index in [4.69, 9.17) is 9.47 Å². The van der Waals surface area contributed by atoms with Crippen LogP contribution in [0.5, 0.6) is 11.5 Å². The first-order chi connectivity index (χ1) is 10.7. The first kappa shape index (κ1) is 17.8. The molecule has 22 heavy (non-hydrogen) atoms. The predicted octanol–water partition coefficient (Wildman–Crippen LogP) is 2.86. The van der Waals surface area contributed by atoms with Gasteiger partial charge in [-0.15, -0.1) is 0 Å². The molecule has 0 radical (unpaired) electrons. The number of hydrogen-bond donors (Lipinski definition) is 0. The fourth-order valence-electron chi connectivity index (χ4n) is 2.21. The molecule has 0 saturated heterocycles. The second-order valence-corrected chi connectivity index (χ2v) is 4.83. The largest absolute Gasteiger partial charge is 0.493 e. The van der Waals surface area contributed by atoms with Crippen molar-refractivity contribution in [2.45, 2.75) is 26.7 Å². The van der Waals surface area contributed by atoms with Crippen LogP contribution in [0.3, 0.4) is 0 Å². The molecule has 0 fully saturated rings. The van der Waals surface area contributed by atoms with Gasteiger partial charge in [0.2, 0.25) is 5.91 Å². The Bertz CT molecular complexity index is 507. The molecule has 0 spiro atoms. The predicted molar refractivity (Wildman–Crippen MR) is 84.8 cm³/mol. The number of carbonyl (C=O) groups excluding carboxylic acids is 1. The number of nitrogens with zero attached hydrogens (tertiary/aromatic N) is 2. The average molecular weight is 304 g/mol. The van der Waals surface area contributed by atoms with E-state index in [9.17, 15) is 10.1 Å². The Kier molecular flexibility index (Phi) is 7.84. The molecule has 120 valence electrons. The highest BCUT2D eigenvalue weighted by Gasteiger charge is 2.21. The maximum absolute atomic E-state index is 12.1. The Labute approximate surface area is 132 Å². The lowest BCUT2D eigenvalue weighted by atomic mass is 10.0. The van der Waals surface area contributed by atoms with E-state index in [1.54, 1.807) is 12.0 Å². The van der Waals surface area contributed by atoms with Gasteiger partial charge in [-0.1, -0.05) is 12.1 Å². The summed E-state index contributed by atoms with van der Waals surface area (Å²) in [5.41, 5.74) is 0. The SMILES string of the molecule is CCN(CC)C(=O)C(C#N)CCCOc1ccccc1OC. The summed E-state index contributed by atoms with van der Waals surface area (Å²) in [5, 5.41) is 9.18. The van der Waals surface area contributed by atoms with Crippen molar-refractivity contribution in [3.63, 3.8) is 0 Å². The van der Waals surface area contributed by atoms with Crippen molar-refractivity contribution in [3.8, 4) is 17.6 Å². The van der Waals surface area contributed by atoms with Crippen LogP contribution in [0.4, 0.5) is 0 Å². The molecular weight excluding hydrogens is 280 g/mol. The van der Waals surface area contributed by atoms with Crippen LogP contribution < -0.4 is 9.47 Å². The van der Waals surface area contributed by atoms with E-state index in [1.165, 1.54) is 0 Å². The van der Waals surface area contributed by atoms with Gasteiger partial charge in [0, 0.05) is 13.1 Å². The van der Waals surface area contributed by atoms with Gasteiger partial charge in [0.15, 0.2) is 11.5 Å². The highest BCUT2D eigenvalue weighted by atomic mass is 16.5. The minimum Gasteiger partial charge on any atom is -0.493 e. The van der Waals surface area contributed by atoms with Crippen molar-refractivity contribution in [2.75, 3.05) is 26.8 Å². The van der Waals surface area contributed by atoms with E-state index in [1.807, 2.05) is 38.1 Å². The summed E-state index contributed by atoms with van der Waals surface area (Å²) in [5.74, 6) is 0.665.